The number of rotatable bonds is 3. The second-order valence-electron chi connectivity index (χ2n) is 2.73. The van der Waals surface area contributed by atoms with Crippen molar-refractivity contribution >= 4 is 16.8 Å². The number of hydrogen-bond donors (Lipinski definition) is 1. The summed E-state index contributed by atoms with van der Waals surface area (Å²) >= 11 is 0. The average Bonchev–Trinajstić information content (AvgIpc) is 2.05. The van der Waals surface area contributed by atoms with Gasteiger partial charge in [-0.2, -0.15) is 0 Å². The summed E-state index contributed by atoms with van der Waals surface area (Å²) in [6.45, 7) is 1.21. The topological polar surface area (TPSA) is 63.6 Å². The van der Waals surface area contributed by atoms with Crippen LogP contribution in [0.3, 0.4) is 0 Å². The van der Waals surface area contributed by atoms with Gasteiger partial charge in [0.2, 0.25) is 0 Å². The summed E-state index contributed by atoms with van der Waals surface area (Å²) < 4.78 is 16.4. The van der Waals surface area contributed by atoms with Crippen molar-refractivity contribution < 1.29 is 18.8 Å². The number of carboxylic acids is 1. The number of aliphatic carboxylic acids is 1. The summed E-state index contributed by atoms with van der Waals surface area (Å²) in [6, 6.07) is 0. The van der Waals surface area contributed by atoms with Crippen molar-refractivity contribution in [3.8, 4) is 0 Å². The van der Waals surface area contributed by atoms with Crippen molar-refractivity contribution in [2.75, 3.05) is 19.0 Å². The van der Waals surface area contributed by atoms with Crippen LogP contribution in [-0.4, -0.2) is 39.5 Å². The Hall–Kier alpha value is -0.420. The molecule has 1 saturated heterocycles. The fourth-order valence-electron chi connectivity index (χ4n) is 1.18. The highest BCUT2D eigenvalue weighted by Gasteiger charge is 2.21. The molecule has 0 aromatic carbocycles. The van der Waals surface area contributed by atoms with Gasteiger partial charge in [0.05, 0.1) is 0 Å². The maximum Gasteiger partial charge on any atom is 0.316 e. The molecule has 0 spiro atoms. The van der Waals surface area contributed by atoms with Crippen LogP contribution in [0.5, 0.6) is 0 Å². The Kier molecular flexibility index (Phi) is 3.68. The van der Waals surface area contributed by atoms with Gasteiger partial charge in [0.15, 0.2) is 0 Å². The van der Waals surface area contributed by atoms with Gasteiger partial charge in [-0.05, 0) is 12.8 Å². The summed E-state index contributed by atoms with van der Waals surface area (Å²) in [7, 11) is -1.22. The number of hydrogen-bond acceptors (Lipinski definition) is 3. The molecule has 1 rings (SSSR count). The first kappa shape index (κ1) is 9.67. The molecule has 5 heteroatoms. The van der Waals surface area contributed by atoms with Gasteiger partial charge in [-0.15, -0.1) is 0 Å². The van der Waals surface area contributed by atoms with Gasteiger partial charge in [-0.1, -0.05) is 0 Å². The predicted octanol–water partition coefficient (Wildman–Crippen LogP) is -0.00130. The molecular formula is C7H12O4S. The van der Waals surface area contributed by atoms with Crippen LogP contribution in [0.4, 0.5) is 0 Å². The lowest BCUT2D eigenvalue weighted by molar-refractivity contribution is -0.134. The van der Waals surface area contributed by atoms with E-state index in [9.17, 15) is 9.00 Å². The van der Waals surface area contributed by atoms with E-state index in [1.807, 2.05) is 0 Å². The molecule has 0 aromatic rings. The number of ether oxygens (including phenoxy) is 1. The third kappa shape index (κ3) is 2.91. The molecule has 0 amide bonds. The quantitative estimate of drug-likeness (QED) is 0.683. The molecule has 0 radical (unpaired) electrons. The summed E-state index contributed by atoms with van der Waals surface area (Å²) in [4.78, 5) is 10.2. The van der Waals surface area contributed by atoms with Crippen LogP contribution in [0.1, 0.15) is 12.8 Å². The third-order valence-electron chi connectivity index (χ3n) is 1.81. The monoisotopic (exact) mass is 192 g/mol. The molecular weight excluding hydrogens is 180 g/mol. The van der Waals surface area contributed by atoms with E-state index in [-0.39, 0.29) is 11.0 Å². The van der Waals surface area contributed by atoms with Gasteiger partial charge < -0.3 is 9.84 Å². The van der Waals surface area contributed by atoms with Crippen molar-refractivity contribution in [2.24, 2.45) is 0 Å². The summed E-state index contributed by atoms with van der Waals surface area (Å²) in [6.07, 6.45) is 1.44. The minimum atomic E-state index is -1.22. The Morgan fingerprint density at radius 1 is 1.50 bits per heavy atom. The number of carboxylic acid groups (broad SMARTS) is 1. The Balaban J connectivity index is 2.34. The van der Waals surface area contributed by atoms with Crippen LogP contribution in [0.15, 0.2) is 0 Å². The SMILES string of the molecule is O=C(O)CS(=O)C1CCOCC1. The second-order valence-corrected chi connectivity index (χ2v) is 4.45. The van der Waals surface area contributed by atoms with Crippen LogP contribution < -0.4 is 0 Å². The van der Waals surface area contributed by atoms with Crippen LogP contribution in [0.25, 0.3) is 0 Å². The molecule has 1 fully saturated rings. The lowest BCUT2D eigenvalue weighted by Gasteiger charge is -2.20. The molecule has 1 heterocycles. The first-order valence-electron chi connectivity index (χ1n) is 3.87. The molecule has 0 bridgehead atoms. The van der Waals surface area contributed by atoms with E-state index in [1.165, 1.54) is 0 Å². The van der Waals surface area contributed by atoms with Crippen molar-refractivity contribution in [3.05, 3.63) is 0 Å². The Bertz CT molecular complexity index is 186. The van der Waals surface area contributed by atoms with E-state index >= 15 is 0 Å². The summed E-state index contributed by atoms with van der Waals surface area (Å²) in [5.74, 6) is -1.22. The minimum absolute atomic E-state index is 0.0230. The van der Waals surface area contributed by atoms with E-state index in [0.29, 0.717) is 13.2 Å². The highest BCUT2D eigenvalue weighted by atomic mass is 32.2. The first-order valence-corrected chi connectivity index (χ1v) is 5.25. The predicted molar refractivity (Wildman–Crippen MR) is 44.5 cm³/mol. The van der Waals surface area contributed by atoms with E-state index in [4.69, 9.17) is 9.84 Å². The molecule has 0 saturated carbocycles. The molecule has 1 aliphatic heterocycles. The highest BCUT2D eigenvalue weighted by Crippen LogP contribution is 2.12. The van der Waals surface area contributed by atoms with Gasteiger partial charge in [0, 0.05) is 29.3 Å². The molecule has 1 atom stereocenters. The maximum absolute atomic E-state index is 11.3. The van der Waals surface area contributed by atoms with Gasteiger partial charge in [-0.3, -0.25) is 9.00 Å². The van der Waals surface area contributed by atoms with Crippen LogP contribution in [-0.2, 0) is 20.3 Å². The zero-order valence-corrected chi connectivity index (χ0v) is 7.51. The Morgan fingerprint density at radius 2 is 2.08 bits per heavy atom. The van der Waals surface area contributed by atoms with E-state index in [2.05, 4.69) is 0 Å². The normalized spacial score (nSPS) is 22.0. The molecule has 0 aliphatic carbocycles. The lowest BCUT2D eigenvalue weighted by Crippen LogP contribution is -2.28. The van der Waals surface area contributed by atoms with E-state index in [0.717, 1.165) is 12.8 Å². The minimum Gasteiger partial charge on any atom is -0.481 e. The molecule has 1 N–H and O–H groups in total. The largest absolute Gasteiger partial charge is 0.481 e. The fourth-order valence-corrected chi connectivity index (χ4v) is 2.38. The third-order valence-corrected chi connectivity index (χ3v) is 3.55. The molecule has 12 heavy (non-hydrogen) atoms. The lowest BCUT2D eigenvalue weighted by atomic mass is 10.2. The highest BCUT2D eigenvalue weighted by molar-refractivity contribution is 7.86. The van der Waals surface area contributed by atoms with E-state index in [1.54, 1.807) is 0 Å². The smallest absolute Gasteiger partial charge is 0.316 e. The standard InChI is InChI=1S/C7H12O4S/c8-7(9)5-12(10)6-1-3-11-4-2-6/h6H,1-5H2,(H,8,9). The average molecular weight is 192 g/mol. The molecule has 0 aromatic heterocycles. The van der Waals surface area contributed by atoms with Crippen molar-refractivity contribution in [1.82, 2.24) is 0 Å². The van der Waals surface area contributed by atoms with Gasteiger partial charge in [0.25, 0.3) is 0 Å². The molecule has 1 unspecified atom stereocenters. The summed E-state index contributed by atoms with van der Waals surface area (Å²) in [5.41, 5.74) is 0. The summed E-state index contributed by atoms with van der Waals surface area (Å²) in [5, 5.41) is 8.41. The zero-order chi connectivity index (χ0) is 8.97. The van der Waals surface area contributed by atoms with E-state index < -0.39 is 16.8 Å². The van der Waals surface area contributed by atoms with Crippen LogP contribution >= 0.6 is 0 Å². The zero-order valence-electron chi connectivity index (χ0n) is 6.69. The number of carbonyl (C=O) groups is 1. The Labute approximate surface area is 73.4 Å². The van der Waals surface area contributed by atoms with Gasteiger partial charge in [-0.25, -0.2) is 0 Å². The fraction of sp³-hybridized carbons (Fsp3) is 0.857. The van der Waals surface area contributed by atoms with Crippen molar-refractivity contribution in [2.45, 2.75) is 18.1 Å². The molecule has 70 valence electrons. The van der Waals surface area contributed by atoms with Gasteiger partial charge in [0.1, 0.15) is 5.75 Å². The second kappa shape index (κ2) is 4.57. The maximum atomic E-state index is 11.3. The van der Waals surface area contributed by atoms with Crippen molar-refractivity contribution in [3.63, 3.8) is 0 Å². The van der Waals surface area contributed by atoms with Crippen LogP contribution in [0, 0.1) is 0 Å². The van der Waals surface area contributed by atoms with Crippen molar-refractivity contribution in [1.29, 1.82) is 0 Å². The van der Waals surface area contributed by atoms with Gasteiger partial charge >= 0.3 is 5.97 Å². The van der Waals surface area contributed by atoms with Crippen LogP contribution in [0.2, 0.25) is 0 Å². The molecule has 1 aliphatic rings. The Morgan fingerprint density at radius 3 is 2.58 bits per heavy atom. The first-order chi connectivity index (χ1) is 5.70. The molecule has 4 nitrogen and oxygen atoms in total.